The second-order valence-corrected chi connectivity index (χ2v) is 8.89. The molecule has 1 saturated heterocycles. The van der Waals surface area contributed by atoms with Crippen LogP contribution >= 0.6 is 0 Å². The molecule has 8 heteroatoms. The van der Waals surface area contributed by atoms with Gasteiger partial charge in [-0.05, 0) is 47.5 Å². The van der Waals surface area contributed by atoms with Gasteiger partial charge in [0.2, 0.25) is 5.91 Å². The van der Waals surface area contributed by atoms with Gasteiger partial charge in [-0.25, -0.2) is 0 Å². The Bertz CT molecular complexity index is 1160. The summed E-state index contributed by atoms with van der Waals surface area (Å²) < 4.78 is 40.9. The van der Waals surface area contributed by atoms with Gasteiger partial charge in [0.1, 0.15) is 29.1 Å². The third-order valence-electron chi connectivity index (χ3n) is 5.17. The van der Waals surface area contributed by atoms with Gasteiger partial charge < -0.3 is 18.6 Å². The Morgan fingerprint density at radius 3 is 2.25 bits per heavy atom. The molecule has 32 heavy (non-hydrogen) atoms. The molecule has 0 saturated carbocycles. The van der Waals surface area contributed by atoms with Crippen LogP contribution in [-0.4, -0.2) is 39.5 Å². The number of ether oxygens (including phenoxy) is 2. The Hall–Kier alpha value is -3.36. The number of morpholine rings is 1. The highest BCUT2D eigenvalue weighted by atomic mass is 32.2. The molecule has 0 aliphatic carbocycles. The quantitative estimate of drug-likeness (QED) is 0.509. The van der Waals surface area contributed by atoms with Crippen LogP contribution in [0.4, 0.5) is 0 Å². The van der Waals surface area contributed by atoms with Crippen molar-refractivity contribution in [1.82, 2.24) is 4.90 Å². The summed E-state index contributed by atoms with van der Waals surface area (Å²) in [6.45, 7) is 0.855. The second-order valence-electron chi connectivity index (χ2n) is 7.34. The van der Waals surface area contributed by atoms with E-state index in [2.05, 4.69) is 0 Å². The lowest BCUT2D eigenvalue weighted by Gasteiger charge is -2.33. The molecular weight excluding hydrogens is 430 g/mol. The average molecular weight is 454 g/mol. The SMILES string of the molecule is COc1ccc(CN2C[C@H](c3ccc(OS(=O)(=O)c4ccccc4)cc3)OCC2=O)cc1. The van der Waals surface area contributed by atoms with Crippen molar-refractivity contribution in [2.45, 2.75) is 17.5 Å². The Morgan fingerprint density at radius 1 is 0.938 bits per heavy atom. The molecule has 1 amide bonds. The fraction of sp³-hybridized carbons (Fsp3) is 0.208. The summed E-state index contributed by atoms with van der Waals surface area (Å²) in [7, 11) is -2.29. The topological polar surface area (TPSA) is 82.1 Å². The van der Waals surface area contributed by atoms with Gasteiger partial charge in [-0.15, -0.1) is 0 Å². The van der Waals surface area contributed by atoms with Crippen LogP contribution < -0.4 is 8.92 Å². The molecule has 3 aromatic carbocycles. The molecule has 0 bridgehead atoms. The first kappa shape index (κ1) is 21.9. The molecule has 4 rings (SSSR count). The predicted molar refractivity (Wildman–Crippen MR) is 118 cm³/mol. The van der Waals surface area contributed by atoms with E-state index in [1.807, 2.05) is 24.3 Å². The van der Waals surface area contributed by atoms with Gasteiger partial charge in [0, 0.05) is 6.54 Å². The minimum absolute atomic E-state index is 0.0124. The Morgan fingerprint density at radius 2 is 1.59 bits per heavy atom. The third kappa shape index (κ3) is 5.09. The number of hydrogen-bond acceptors (Lipinski definition) is 6. The number of nitrogens with zero attached hydrogens (tertiary/aromatic N) is 1. The van der Waals surface area contributed by atoms with E-state index >= 15 is 0 Å². The molecule has 0 radical (unpaired) electrons. The summed E-state index contributed by atoms with van der Waals surface area (Å²) in [5.41, 5.74) is 1.83. The zero-order valence-corrected chi connectivity index (χ0v) is 18.3. The van der Waals surface area contributed by atoms with Gasteiger partial charge in [0.05, 0.1) is 13.7 Å². The van der Waals surface area contributed by atoms with Crippen LogP contribution in [-0.2, 0) is 26.2 Å². The lowest BCUT2D eigenvalue weighted by atomic mass is 10.1. The van der Waals surface area contributed by atoms with E-state index < -0.39 is 10.1 Å². The van der Waals surface area contributed by atoms with Gasteiger partial charge in [-0.3, -0.25) is 4.79 Å². The summed E-state index contributed by atoms with van der Waals surface area (Å²) in [6, 6.07) is 22.2. The zero-order chi connectivity index (χ0) is 22.6. The van der Waals surface area contributed by atoms with E-state index in [4.69, 9.17) is 13.7 Å². The molecule has 7 nitrogen and oxygen atoms in total. The fourth-order valence-corrected chi connectivity index (χ4v) is 4.37. The van der Waals surface area contributed by atoms with E-state index in [0.717, 1.165) is 16.9 Å². The zero-order valence-electron chi connectivity index (χ0n) is 17.5. The van der Waals surface area contributed by atoms with Crippen molar-refractivity contribution in [1.29, 1.82) is 0 Å². The van der Waals surface area contributed by atoms with Gasteiger partial charge >= 0.3 is 10.1 Å². The normalized spacial score (nSPS) is 16.6. The summed E-state index contributed by atoms with van der Waals surface area (Å²) in [6.07, 6.45) is -0.314. The monoisotopic (exact) mass is 453 g/mol. The first-order chi connectivity index (χ1) is 15.4. The van der Waals surface area contributed by atoms with Crippen LogP contribution in [0.2, 0.25) is 0 Å². The van der Waals surface area contributed by atoms with E-state index in [0.29, 0.717) is 13.1 Å². The first-order valence-corrected chi connectivity index (χ1v) is 11.5. The number of hydrogen-bond donors (Lipinski definition) is 0. The molecule has 1 aliphatic rings. The number of carbonyl (C=O) groups is 1. The van der Waals surface area contributed by atoms with E-state index in [-0.39, 0.29) is 29.3 Å². The lowest BCUT2D eigenvalue weighted by Crippen LogP contribution is -2.42. The van der Waals surface area contributed by atoms with Crippen LogP contribution in [0.1, 0.15) is 17.2 Å². The number of benzene rings is 3. The number of carbonyl (C=O) groups excluding carboxylic acids is 1. The minimum atomic E-state index is -3.90. The Kier molecular flexibility index (Phi) is 6.43. The molecule has 0 N–H and O–H groups in total. The van der Waals surface area contributed by atoms with Crippen molar-refractivity contribution in [2.75, 3.05) is 20.3 Å². The smallest absolute Gasteiger partial charge is 0.339 e. The molecule has 1 heterocycles. The number of methoxy groups -OCH3 is 1. The highest BCUT2D eigenvalue weighted by Gasteiger charge is 2.27. The van der Waals surface area contributed by atoms with Crippen LogP contribution in [0.5, 0.6) is 11.5 Å². The lowest BCUT2D eigenvalue weighted by molar-refractivity contribution is -0.150. The molecule has 0 aromatic heterocycles. The maximum atomic E-state index is 12.4. The molecule has 3 aromatic rings. The van der Waals surface area contributed by atoms with Crippen LogP contribution in [0.3, 0.4) is 0 Å². The van der Waals surface area contributed by atoms with Crippen molar-refractivity contribution < 1.29 is 26.9 Å². The van der Waals surface area contributed by atoms with Crippen LogP contribution in [0.15, 0.2) is 83.8 Å². The Balaban J connectivity index is 1.42. The Labute approximate surface area is 187 Å². The summed E-state index contributed by atoms with van der Waals surface area (Å²) in [5, 5.41) is 0. The maximum absolute atomic E-state index is 12.4. The number of rotatable bonds is 7. The molecule has 1 fully saturated rings. The molecule has 0 unspecified atom stereocenters. The highest BCUT2D eigenvalue weighted by Crippen LogP contribution is 2.27. The highest BCUT2D eigenvalue weighted by molar-refractivity contribution is 7.87. The third-order valence-corrected chi connectivity index (χ3v) is 6.43. The molecule has 1 atom stereocenters. The van der Waals surface area contributed by atoms with Crippen molar-refractivity contribution in [3.05, 3.63) is 90.0 Å². The van der Waals surface area contributed by atoms with E-state index in [1.54, 1.807) is 54.5 Å². The van der Waals surface area contributed by atoms with Crippen molar-refractivity contribution >= 4 is 16.0 Å². The van der Waals surface area contributed by atoms with Crippen molar-refractivity contribution in [2.24, 2.45) is 0 Å². The van der Waals surface area contributed by atoms with Crippen molar-refractivity contribution in [3.8, 4) is 11.5 Å². The van der Waals surface area contributed by atoms with Crippen LogP contribution in [0, 0.1) is 0 Å². The van der Waals surface area contributed by atoms with Gasteiger partial charge in [0.25, 0.3) is 0 Å². The standard InChI is InChI=1S/C24H23NO6S/c1-29-20-11-7-18(8-12-20)15-25-16-23(30-17-24(25)26)19-9-13-21(14-10-19)31-32(27,28)22-5-3-2-4-6-22/h2-14,23H,15-17H2,1H3/t23-/m1/s1. The van der Waals surface area contributed by atoms with Gasteiger partial charge in [-0.2, -0.15) is 8.42 Å². The summed E-state index contributed by atoms with van der Waals surface area (Å²) >= 11 is 0. The van der Waals surface area contributed by atoms with E-state index in [1.165, 1.54) is 12.1 Å². The fourth-order valence-electron chi connectivity index (χ4n) is 3.42. The van der Waals surface area contributed by atoms with Gasteiger partial charge in [-0.1, -0.05) is 42.5 Å². The maximum Gasteiger partial charge on any atom is 0.339 e. The second kappa shape index (κ2) is 9.42. The average Bonchev–Trinajstić information content (AvgIpc) is 2.82. The minimum Gasteiger partial charge on any atom is -0.497 e. The molecular formula is C24H23NO6S. The van der Waals surface area contributed by atoms with Gasteiger partial charge in [0.15, 0.2) is 0 Å². The van der Waals surface area contributed by atoms with Crippen LogP contribution in [0.25, 0.3) is 0 Å². The number of amides is 1. The molecule has 0 spiro atoms. The molecule has 1 aliphatic heterocycles. The first-order valence-electron chi connectivity index (χ1n) is 10.1. The summed E-state index contributed by atoms with van der Waals surface area (Å²) in [5.74, 6) is 0.891. The largest absolute Gasteiger partial charge is 0.497 e. The van der Waals surface area contributed by atoms with Crippen molar-refractivity contribution in [3.63, 3.8) is 0 Å². The predicted octanol–water partition coefficient (Wildman–Crippen LogP) is 3.56. The molecule has 166 valence electrons. The van der Waals surface area contributed by atoms with E-state index in [9.17, 15) is 13.2 Å². The summed E-state index contributed by atoms with van der Waals surface area (Å²) in [4.78, 5) is 14.2.